The number of piperazine rings is 1. The highest BCUT2D eigenvalue weighted by atomic mass is 32.2. The van der Waals surface area contributed by atoms with Crippen LogP contribution in [0.1, 0.15) is 19.3 Å². The van der Waals surface area contributed by atoms with Crippen LogP contribution in [-0.4, -0.2) is 68.3 Å². The van der Waals surface area contributed by atoms with E-state index in [-0.39, 0.29) is 5.25 Å². The summed E-state index contributed by atoms with van der Waals surface area (Å²) >= 11 is 0. The minimum atomic E-state index is -3.12. The fourth-order valence-electron chi connectivity index (χ4n) is 3.15. The number of hydrogen-bond donors (Lipinski definition) is 0. The van der Waals surface area contributed by atoms with Crippen molar-refractivity contribution in [1.82, 2.24) is 9.21 Å². The highest BCUT2D eigenvalue weighted by Crippen LogP contribution is 2.26. The van der Waals surface area contributed by atoms with Crippen molar-refractivity contribution in [2.75, 3.05) is 39.4 Å². The summed E-state index contributed by atoms with van der Waals surface area (Å²) in [6, 6.07) is 0.459. The summed E-state index contributed by atoms with van der Waals surface area (Å²) in [5.74, 6) is 0. The molecule has 0 bridgehead atoms. The van der Waals surface area contributed by atoms with Crippen LogP contribution in [0, 0.1) is 0 Å². The molecule has 3 heterocycles. The fourth-order valence-corrected chi connectivity index (χ4v) is 4.95. The second-order valence-electron chi connectivity index (χ2n) is 5.22. The van der Waals surface area contributed by atoms with Gasteiger partial charge in [0.2, 0.25) is 10.0 Å². The van der Waals surface area contributed by atoms with Gasteiger partial charge in [-0.2, -0.15) is 4.31 Å². The SMILES string of the molecule is O=S(=O)([C@@H]1CCOC1)N1CCN2CCC[C@H]2C1. The third kappa shape index (κ3) is 2.12. The summed E-state index contributed by atoms with van der Waals surface area (Å²) in [5, 5.41) is -0.296. The molecule has 98 valence electrons. The summed E-state index contributed by atoms with van der Waals surface area (Å²) in [5.41, 5.74) is 0. The van der Waals surface area contributed by atoms with E-state index < -0.39 is 10.0 Å². The van der Waals surface area contributed by atoms with E-state index in [4.69, 9.17) is 4.74 Å². The summed E-state index contributed by atoms with van der Waals surface area (Å²) < 4.78 is 31.7. The van der Waals surface area contributed by atoms with Gasteiger partial charge < -0.3 is 4.74 Å². The van der Waals surface area contributed by atoms with Crippen molar-refractivity contribution in [3.05, 3.63) is 0 Å². The van der Waals surface area contributed by atoms with Crippen molar-refractivity contribution in [2.45, 2.75) is 30.6 Å². The zero-order valence-corrected chi connectivity index (χ0v) is 10.9. The predicted molar refractivity (Wildman–Crippen MR) is 64.3 cm³/mol. The Kier molecular flexibility index (Phi) is 3.15. The summed E-state index contributed by atoms with van der Waals surface area (Å²) in [7, 11) is -3.12. The topological polar surface area (TPSA) is 49.9 Å². The summed E-state index contributed by atoms with van der Waals surface area (Å²) in [6.45, 7) is 4.37. The van der Waals surface area contributed by atoms with Gasteiger partial charge in [0, 0.05) is 32.3 Å². The zero-order valence-electron chi connectivity index (χ0n) is 10.0. The van der Waals surface area contributed by atoms with Gasteiger partial charge in [-0.05, 0) is 25.8 Å². The predicted octanol–water partition coefficient (Wildman–Crippen LogP) is -0.115. The van der Waals surface area contributed by atoms with E-state index >= 15 is 0 Å². The maximum Gasteiger partial charge on any atom is 0.219 e. The number of hydrogen-bond acceptors (Lipinski definition) is 4. The Morgan fingerprint density at radius 3 is 2.76 bits per heavy atom. The lowest BCUT2D eigenvalue weighted by atomic mass is 10.2. The first-order valence-corrected chi connectivity index (χ1v) is 7.99. The van der Waals surface area contributed by atoms with E-state index in [2.05, 4.69) is 4.90 Å². The van der Waals surface area contributed by atoms with Gasteiger partial charge in [0.1, 0.15) is 5.25 Å². The molecule has 0 aliphatic carbocycles. The van der Waals surface area contributed by atoms with Gasteiger partial charge in [0.05, 0.1) is 6.61 Å². The minimum Gasteiger partial charge on any atom is -0.380 e. The molecule has 3 aliphatic heterocycles. The number of ether oxygens (including phenoxy) is 1. The first kappa shape index (κ1) is 11.9. The molecule has 17 heavy (non-hydrogen) atoms. The molecule has 0 spiro atoms. The van der Waals surface area contributed by atoms with Gasteiger partial charge in [-0.3, -0.25) is 4.90 Å². The van der Waals surface area contributed by atoms with E-state index in [0.717, 1.165) is 19.5 Å². The maximum atomic E-state index is 12.4. The van der Waals surface area contributed by atoms with Crippen LogP contribution in [0.15, 0.2) is 0 Å². The largest absolute Gasteiger partial charge is 0.380 e. The van der Waals surface area contributed by atoms with E-state index in [1.54, 1.807) is 4.31 Å². The Morgan fingerprint density at radius 1 is 1.12 bits per heavy atom. The van der Waals surface area contributed by atoms with E-state index in [1.165, 1.54) is 6.42 Å². The molecule has 0 N–H and O–H groups in total. The van der Waals surface area contributed by atoms with Crippen LogP contribution in [0.25, 0.3) is 0 Å². The highest BCUT2D eigenvalue weighted by Gasteiger charge is 2.40. The lowest BCUT2D eigenvalue weighted by Crippen LogP contribution is -2.54. The molecule has 3 fully saturated rings. The molecule has 0 saturated carbocycles. The van der Waals surface area contributed by atoms with Crippen LogP contribution in [0.4, 0.5) is 0 Å². The monoisotopic (exact) mass is 260 g/mol. The van der Waals surface area contributed by atoms with Gasteiger partial charge in [-0.25, -0.2) is 8.42 Å². The van der Waals surface area contributed by atoms with Crippen molar-refractivity contribution in [3.8, 4) is 0 Å². The molecule has 5 nitrogen and oxygen atoms in total. The Morgan fingerprint density at radius 2 is 2.00 bits per heavy atom. The highest BCUT2D eigenvalue weighted by molar-refractivity contribution is 7.89. The van der Waals surface area contributed by atoms with Crippen LogP contribution in [0.5, 0.6) is 0 Å². The summed E-state index contributed by atoms with van der Waals surface area (Å²) in [4.78, 5) is 2.43. The van der Waals surface area contributed by atoms with Crippen LogP contribution in [0.2, 0.25) is 0 Å². The first-order valence-electron chi connectivity index (χ1n) is 6.49. The second kappa shape index (κ2) is 4.50. The fraction of sp³-hybridized carbons (Fsp3) is 1.00. The molecule has 2 atom stereocenters. The van der Waals surface area contributed by atoms with Crippen LogP contribution >= 0.6 is 0 Å². The molecule has 0 unspecified atom stereocenters. The lowest BCUT2D eigenvalue weighted by molar-refractivity contribution is 0.156. The normalized spacial score (nSPS) is 36.2. The molecule has 0 aromatic rings. The van der Waals surface area contributed by atoms with Crippen molar-refractivity contribution in [3.63, 3.8) is 0 Å². The average molecular weight is 260 g/mol. The van der Waals surface area contributed by atoms with Gasteiger partial charge in [0.15, 0.2) is 0 Å². The number of fused-ring (bicyclic) bond motifs is 1. The quantitative estimate of drug-likeness (QED) is 0.695. The van der Waals surface area contributed by atoms with Gasteiger partial charge in [-0.1, -0.05) is 0 Å². The lowest BCUT2D eigenvalue weighted by Gasteiger charge is -2.37. The Bertz CT molecular complexity index is 378. The molecule has 3 saturated heterocycles. The van der Waals surface area contributed by atoms with Crippen molar-refractivity contribution >= 4 is 10.0 Å². The van der Waals surface area contributed by atoms with Crippen LogP contribution < -0.4 is 0 Å². The number of nitrogens with zero attached hydrogens (tertiary/aromatic N) is 2. The van der Waals surface area contributed by atoms with E-state index in [1.807, 2.05) is 0 Å². The molecule has 6 heteroatoms. The minimum absolute atomic E-state index is 0.296. The Hall–Kier alpha value is -0.170. The third-order valence-corrected chi connectivity index (χ3v) is 6.48. The first-order chi connectivity index (χ1) is 8.18. The Balaban J connectivity index is 1.71. The molecule has 0 aromatic heterocycles. The average Bonchev–Trinajstić information content (AvgIpc) is 2.99. The van der Waals surface area contributed by atoms with E-state index in [9.17, 15) is 8.42 Å². The van der Waals surface area contributed by atoms with Crippen molar-refractivity contribution in [1.29, 1.82) is 0 Å². The molecule has 3 rings (SSSR count). The van der Waals surface area contributed by atoms with Crippen molar-refractivity contribution in [2.24, 2.45) is 0 Å². The van der Waals surface area contributed by atoms with Gasteiger partial charge in [-0.15, -0.1) is 0 Å². The van der Waals surface area contributed by atoms with Crippen LogP contribution in [0.3, 0.4) is 0 Å². The molecule has 0 aromatic carbocycles. The molecule has 0 radical (unpaired) electrons. The van der Waals surface area contributed by atoms with Gasteiger partial charge in [0.25, 0.3) is 0 Å². The summed E-state index contributed by atoms with van der Waals surface area (Å²) in [6.07, 6.45) is 3.02. The number of rotatable bonds is 2. The third-order valence-electron chi connectivity index (χ3n) is 4.22. The standard InChI is InChI=1S/C11H20N2O3S/c14-17(15,11-3-7-16-9-11)13-6-5-12-4-1-2-10(12)8-13/h10-11H,1-9H2/t10-,11+/m0/s1. The maximum absolute atomic E-state index is 12.4. The van der Waals surface area contributed by atoms with E-state index in [0.29, 0.717) is 38.8 Å². The molecular weight excluding hydrogens is 240 g/mol. The van der Waals surface area contributed by atoms with Gasteiger partial charge >= 0.3 is 0 Å². The smallest absolute Gasteiger partial charge is 0.219 e. The zero-order chi connectivity index (χ0) is 11.9. The molecular formula is C11H20N2O3S. The molecule has 3 aliphatic rings. The van der Waals surface area contributed by atoms with Crippen molar-refractivity contribution < 1.29 is 13.2 Å². The number of sulfonamides is 1. The molecule has 0 amide bonds. The van der Waals surface area contributed by atoms with Crippen LogP contribution in [-0.2, 0) is 14.8 Å². The Labute approximate surface area is 103 Å². The second-order valence-corrected chi connectivity index (χ2v) is 7.43.